The Morgan fingerprint density at radius 2 is 1.67 bits per heavy atom. The number of nitrogens with zero attached hydrogens (tertiary/aromatic N) is 1. The maximum atomic E-state index is 12.0. The van der Waals surface area contributed by atoms with E-state index in [1.165, 1.54) is 24.3 Å². The molecule has 0 aliphatic rings. The number of hydrogen-bond donors (Lipinski definition) is 2. The number of carbonyl (C=O) groups excluding carboxylic acids is 1. The summed E-state index contributed by atoms with van der Waals surface area (Å²) in [6.07, 6.45) is 1.64. The Balaban J connectivity index is 0.00000420. The van der Waals surface area contributed by atoms with E-state index in [-0.39, 0.29) is 29.5 Å². The van der Waals surface area contributed by atoms with Gasteiger partial charge in [0.05, 0.1) is 19.1 Å². The minimum Gasteiger partial charge on any atom is -0.493 e. The molecule has 166 valence electrons. The largest absolute Gasteiger partial charge is 0.493 e. The van der Waals surface area contributed by atoms with E-state index in [4.69, 9.17) is 9.47 Å². The number of nitro benzene ring substituents is 1. The molecule has 9 nitrogen and oxygen atoms in total. The van der Waals surface area contributed by atoms with Gasteiger partial charge in [0.2, 0.25) is 0 Å². The van der Waals surface area contributed by atoms with Crippen LogP contribution < -0.4 is 20.1 Å². The number of nitrogens with one attached hydrogen (secondary N) is 2. The van der Waals surface area contributed by atoms with Crippen molar-refractivity contribution in [1.29, 1.82) is 0 Å². The lowest BCUT2D eigenvalue weighted by atomic mass is 10.1. The van der Waals surface area contributed by atoms with Gasteiger partial charge in [-0.15, -0.1) is 12.4 Å². The number of hydrogen-bond acceptors (Lipinski definition) is 6. The predicted molar refractivity (Wildman–Crippen MR) is 117 cm³/mol. The van der Waals surface area contributed by atoms with Gasteiger partial charge in [-0.2, -0.15) is 0 Å². The monoisotopic (exact) mass is 441 g/mol. The van der Waals surface area contributed by atoms with Gasteiger partial charge in [0.25, 0.3) is 11.6 Å². The number of halogens is 1. The Hall–Kier alpha value is -2.88. The first-order valence-corrected chi connectivity index (χ1v) is 8.99. The Kier molecular flexibility index (Phi) is 12.8. The van der Waals surface area contributed by atoms with Crippen molar-refractivity contribution in [2.75, 3.05) is 33.9 Å². The van der Waals surface area contributed by atoms with E-state index in [0.717, 1.165) is 31.5 Å². The summed E-state index contributed by atoms with van der Waals surface area (Å²) in [6, 6.07) is 11.4. The van der Waals surface area contributed by atoms with Crippen LogP contribution in [0.4, 0.5) is 5.69 Å². The number of methoxy groups -OCH3 is 2. The summed E-state index contributed by atoms with van der Waals surface area (Å²) in [5.74, 6) is 1.19. The van der Waals surface area contributed by atoms with E-state index in [1.807, 2.05) is 18.2 Å². The van der Waals surface area contributed by atoms with Crippen molar-refractivity contribution in [3.8, 4) is 11.5 Å². The zero-order chi connectivity index (χ0) is 20.4. The average molecular weight is 442 g/mol. The highest BCUT2D eigenvalue weighted by Crippen LogP contribution is 2.27. The highest BCUT2D eigenvalue weighted by Gasteiger charge is 2.09. The molecule has 10 heteroatoms. The smallest absolute Gasteiger partial charge is 0.269 e. The standard InChI is InChI=1S/C20H25N3O5.ClH.H2O/c1-27-18-9-4-15(14-19(18)28-2)10-13-21-11-3-12-22-20(24)16-5-7-17(8-6-16)23(25)26;;/h4-9,14,21H,3,10-13H2,1-2H3,(H,22,24);1H;1H2. The zero-order valence-corrected chi connectivity index (χ0v) is 17.8. The van der Waals surface area contributed by atoms with Gasteiger partial charge >= 0.3 is 0 Å². The predicted octanol–water partition coefficient (Wildman–Crippen LogP) is 2.16. The molecule has 0 aromatic heterocycles. The van der Waals surface area contributed by atoms with Gasteiger partial charge in [0, 0.05) is 24.2 Å². The van der Waals surface area contributed by atoms with Gasteiger partial charge in [-0.1, -0.05) is 6.07 Å². The lowest BCUT2D eigenvalue weighted by molar-refractivity contribution is -0.384. The van der Waals surface area contributed by atoms with Crippen LogP contribution in [0.3, 0.4) is 0 Å². The molecular formula is C20H28ClN3O6. The van der Waals surface area contributed by atoms with Crippen LogP contribution in [0.15, 0.2) is 42.5 Å². The Labute approximate surface area is 181 Å². The highest BCUT2D eigenvalue weighted by atomic mass is 35.5. The molecule has 0 saturated carbocycles. The molecule has 0 atom stereocenters. The summed E-state index contributed by atoms with van der Waals surface area (Å²) >= 11 is 0. The number of amides is 1. The molecule has 0 unspecified atom stereocenters. The van der Waals surface area contributed by atoms with Crippen molar-refractivity contribution in [3.63, 3.8) is 0 Å². The van der Waals surface area contributed by atoms with Gasteiger partial charge in [-0.05, 0) is 55.8 Å². The fourth-order valence-corrected chi connectivity index (χ4v) is 2.65. The molecule has 0 aliphatic heterocycles. The summed E-state index contributed by atoms with van der Waals surface area (Å²) in [4.78, 5) is 22.1. The minimum atomic E-state index is -0.491. The van der Waals surface area contributed by atoms with Crippen LogP contribution in [0.2, 0.25) is 0 Å². The van der Waals surface area contributed by atoms with Crippen LogP contribution >= 0.6 is 12.4 Å². The van der Waals surface area contributed by atoms with Crippen LogP contribution in [-0.2, 0) is 6.42 Å². The Morgan fingerprint density at radius 3 is 2.27 bits per heavy atom. The number of benzene rings is 2. The second-order valence-electron chi connectivity index (χ2n) is 6.10. The summed E-state index contributed by atoms with van der Waals surface area (Å²) < 4.78 is 10.5. The number of ether oxygens (including phenoxy) is 2. The third-order valence-corrected chi connectivity index (χ3v) is 4.19. The third-order valence-electron chi connectivity index (χ3n) is 4.19. The van der Waals surface area contributed by atoms with Crippen LogP contribution in [0, 0.1) is 10.1 Å². The van der Waals surface area contributed by atoms with Crippen LogP contribution in [0.5, 0.6) is 11.5 Å². The molecule has 0 saturated heterocycles. The van der Waals surface area contributed by atoms with Crippen LogP contribution in [-0.4, -0.2) is 50.2 Å². The molecule has 0 bridgehead atoms. The summed E-state index contributed by atoms with van der Waals surface area (Å²) in [5, 5.41) is 16.8. The maximum Gasteiger partial charge on any atom is 0.269 e. The number of non-ortho nitro benzene ring substituents is 1. The molecule has 1 amide bonds. The van der Waals surface area contributed by atoms with Crippen molar-refractivity contribution in [2.45, 2.75) is 12.8 Å². The van der Waals surface area contributed by atoms with Crippen molar-refractivity contribution in [1.82, 2.24) is 10.6 Å². The number of carbonyl (C=O) groups is 1. The molecule has 0 spiro atoms. The molecule has 2 rings (SSSR count). The SMILES string of the molecule is COc1ccc(CCNCCCNC(=O)c2ccc([N+](=O)[O-])cc2)cc1OC.Cl.O. The fraction of sp³-hybridized carbons (Fsp3) is 0.350. The first-order valence-electron chi connectivity index (χ1n) is 8.99. The summed E-state index contributed by atoms with van der Waals surface area (Å²) in [6.45, 7) is 2.11. The van der Waals surface area contributed by atoms with E-state index in [2.05, 4.69) is 10.6 Å². The molecule has 0 radical (unpaired) electrons. The van der Waals surface area contributed by atoms with Gasteiger partial charge in [-0.3, -0.25) is 14.9 Å². The lowest BCUT2D eigenvalue weighted by Crippen LogP contribution is -2.28. The Morgan fingerprint density at radius 1 is 1.00 bits per heavy atom. The molecule has 0 aliphatic carbocycles. The fourth-order valence-electron chi connectivity index (χ4n) is 2.65. The van der Waals surface area contributed by atoms with E-state index >= 15 is 0 Å². The van der Waals surface area contributed by atoms with E-state index < -0.39 is 4.92 Å². The second kappa shape index (κ2) is 14.2. The number of rotatable bonds is 11. The van der Waals surface area contributed by atoms with Gasteiger partial charge in [0.15, 0.2) is 11.5 Å². The van der Waals surface area contributed by atoms with E-state index in [9.17, 15) is 14.9 Å². The van der Waals surface area contributed by atoms with Crippen molar-refractivity contribution >= 4 is 24.0 Å². The lowest BCUT2D eigenvalue weighted by Gasteiger charge is -2.10. The van der Waals surface area contributed by atoms with E-state index in [0.29, 0.717) is 23.6 Å². The van der Waals surface area contributed by atoms with Gasteiger partial charge in [-0.25, -0.2) is 0 Å². The second-order valence-corrected chi connectivity index (χ2v) is 6.10. The zero-order valence-electron chi connectivity index (χ0n) is 17.0. The van der Waals surface area contributed by atoms with Gasteiger partial charge < -0.3 is 25.6 Å². The normalized spacial score (nSPS) is 9.67. The van der Waals surface area contributed by atoms with Crippen molar-refractivity contribution in [3.05, 3.63) is 63.7 Å². The average Bonchev–Trinajstić information content (AvgIpc) is 2.72. The first-order chi connectivity index (χ1) is 13.5. The van der Waals surface area contributed by atoms with E-state index in [1.54, 1.807) is 14.2 Å². The number of nitro groups is 1. The summed E-state index contributed by atoms with van der Waals surface area (Å²) in [5.41, 5.74) is 1.53. The minimum absolute atomic E-state index is 0. The Bertz CT molecular complexity index is 802. The molecule has 4 N–H and O–H groups in total. The van der Waals surface area contributed by atoms with Crippen molar-refractivity contribution in [2.24, 2.45) is 0 Å². The quantitative estimate of drug-likeness (QED) is 0.311. The summed E-state index contributed by atoms with van der Waals surface area (Å²) in [7, 11) is 3.23. The molecule has 2 aromatic rings. The molecule has 30 heavy (non-hydrogen) atoms. The molecule has 2 aromatic carbocycles. The third kappa shape index (κ3) is 8.24. The highest BCUT2D eigenvalue weighted by molar-refractivity contribution is 5.94. The maximum absolute atomic E-state index is 12.0. The first kappa shape index (κ1) is 27.1. The van der Waals surface area contributed by atoms with Crippen LogP contribution in [0.1, 0.15) is 22.3 Å². The topological polar surface area (TPSA) is 134 Å². The molecule has 0 heterocycles. The molecular weight excluding hydrogens is 414 g/mol. The van der Waals surface area contributed by atoms with Crippen molar-refractivity contribution < 1.29 is 24.7 Å². The molecule has 0 fully saturated rings. The van der Waals surface area contributed by atoms with Crippen LogP contribution in [0.25, 0.3) is 0 Å². The van der Waals surface area contributed by atoms with Gasteiger partial charge in [0.1, 0.15) is 0 Å².